The van der Waals surface area contributed by atoms with Crippen molar-refractivity contribution >= 4 is 0 Å². The second-order valence-corrected chi connectivity index (χ2v) is 6.51. The van der Waals surface area contributed by atoms with E-state index in [2.05, 4.69) is 24.0 Å². The molecule has 4 nitrogen and oxygen atoms in total. The van der Waals surface area contributed by atoms with Crippen LogP contribution in [0.3, 0.4) is 0 Å². The van der Waals surface area contributed by atoms with E-state index in [0.29, 0.717) is 12.2 Å². The number of nitrogens with zero attached hydrogens (tertiary/aromatic N) is 1. The van der Waals surface area contributed by atoms with Gasteiger partial charge in [0.1, 0.15) is 0 Å². The summed E-state index contributed by atoms with van der Waals surface area (Å²) in [5, 5.41) is 0. The Kier molecular flexibility index (Phi) is 4.89. The van der Waals surface area contributed by atoms with Gasteiger partial charge in [-0.15, -0.1) is 0 Å². The summed E-state index contributed by atoms with van der Waals surface area (Å²) in [7, 11) is 3.36. The first-order valence-corrected chi connectivity index (χ1v) is 8.28. The molecule has 4 heteroatoms. The first-order valence-electron chi connectivity index (χ1n) is 8.28. The molecule has 0 amide bonds. The minimum absolute atomic E-state index is 0.445. The second-order valence-electron chi connectivity index (χ2n) is 6.51. The van der Waals surface area contributed by atoms with Gasteiger partial charge in [0, 0.05) is 25.6 Å². The minimum Gasteiger partial charge on any atom is -0.493 e. The predicted molar refractivity (Wildman–Crippen MR) is 86.7 cm³/mol. The average Bonchev–Trinajstić information content (AvgIpc) is 2.91. The van der Waals surface area contributed by atoms with Gasteiger partial charge in [0.05, 0.1) is 26.4 Å². The summed E-state index contributed by atoms with van der Waals surface area (Å²) >= 11 is 0. The Bertz CT molecular complexity index is 505. The molecule has 2 aliphatic rings. The standard InChI is InChI=1S/C18H27NO3/c1-13-10-15-12-19(9-7-16(15)22-13)8-6-14-4-5-17(20-2)18(11-14)21-3/h4-5,11,13,15-16H,6-10,12H2,1-3H3/t13-,15-,16+/m1/s1. The van der Waals surface area contributed by atoms with Crippen molar-refractivity contribution in [2.75, 3.05) is 33.9 Å². The lowest BCUT2D eigenvalue weighted by atomic mass is 9.93. The number of likely N-dealkylation sites (tertiary alicyclic amines) is 1. The van der Waals surface area contributed by atoms with Gasteiger partial charge in [-0.2, -0.15) is 0 Å². The molecule has 1 aromatic carbocycles. The molecule has 3 atom stereocenters. The fraction of sp³-hybridized carbons (Fsp3) is 0.667. The summed E-state index contributed by atoms with van der Waals surface area (Å²) in [6, 6.07) is 6.22. The summed E-state index contributed by atoms with van der Waals surface area (Å²) in [5.74, 6) is 2.34. The number of ether oxygens (including phenoxy) is 3. The molecule has 2 heterocycles. The minimum atomic E-state index is 0.445. The zero-order chi connectivity index (χ0) is 15.5. The monoisotopic (exact) mass is 305 g/mol. The number of hydrogen-bond donors (Lipinski definition) is 0. The molecule has 0 aromatic heterocycles. The van der Waals surface area contributed by atoms with Crippen LogP contribution in [0.5, 0.6) is 11.5 Å². The van der Waals surface area contributed by atoms with E-state index in [-0.39, 0.29) is 0 Å². The van der Waals surface area contributed by atoms with E-state index in [1.807, 2.05) is 6.07 Å². The Morgan fingerprint density at radius 3 is 2.82 bits per heavy atom. The summed E-state index contributed by atoms with van der Waals surface area (Å²) in [6.45, 7) is 5.64. The lowest BCUT2D eigenvalue weighted by Gasteiger charge is -2.34. The Labute approximate surface area is 133 Å². The lowest BCUT2D eigenvalue weighted by molar-refractivity contribution is 0.00774. The van der Waals surface area contributed by atoms with E-state index in [9.17, 15) is 0 Å². The molecule has 1 aromatic rings. The molecule has 0 aliphatic carbocycles. The van der Waals surface area contributed by atoms with Crippen LogP contribution in [0.25, 0.3) is 0 Å². The van der Waals surface area contributed by atoms with Gasteiger partial charge >= 0.3 is 0 Å². The van der Waals surface area contributed by atoms with E-state index >= 15 is 0 Å². The highest BCUT2D eigenvalue weighted by atomic mass is 16.5. The van der Waals surface area contributed by atoms with Gasteiger partial charge in [0.25, 0.3) is 0 Å². The maximum Gasteiger partial charge on any atom is 0.160 e. The fourth-order valence-corrected chi connectivity index (χ4v) is 3.80. The average molecular weight is 305 g/mol. The molecule has 2 fully saturated rings. The Balaban J connectivity index is 1.54. The summed E-state index contributed by atoms with van der Waals surface area (Å²) < 4.78 is 16.7. The van der Waals surface area contributed by atoms with Gasteiger partial charge in [0.15, 0.2) is 11.5 Å². The molecule has 122 valence electrons. The largest absolute Gasteiger partial charge is 0.493 e. The molecule has 0 radical (unpaired) electrons. The van der Waals surface area contributed by atoms with Gasteiger partial charge in [0.2, 0.25) is 0 Å². The van der Waals surface area contributed by atoms with Crippen molar-refractivity contribution in [2.45, 2.75) is 38.4 Å². The number of rotatable bonds is 5. The Morgan fingerprint density at radius 2 is 2.05 bits per heavy atom. The highest BCUT2D eigenvalue weighted by molar-refractivity contribution is 5.42. The van der Waals surface area contributed by atoms with Crippen LogP contribution < -0.4 is 9.47 Å². The van der Waals surface area contributed by atoms with E-state index in [1.165, 1.54) is 24.9 Å². The van der Waals surface area contributed by atoms with Crippen LogP contribution in [0, 0.1) is 5.92 Å². The molecule has 3 rings (SSSR count). The molecular weight excluding hydrogens is 278 g/mol. The molecule has 0 N–H and O–H groups in total. The highest BCUT2D eigenvalue weighted by Crippen LogP contribution is 2.33. The van der Waals surface area contributed by atoms with Crippen molar-refractivity contribution in [3.05, 3.63) is 23.8 Å². The van der Waals surface area contributed by atoms with Gasteiger partial charge in [-0.3, -0.25) is 0 Å². The van der Waals surface area contributed by atoms with Gasteiger partial charge in [-0.05, 0) is 43.9 Å². The maximum atomic E-state index is 5.98. The topological polar surface area (TPSA) is 30.9 Å². The molecule has 22 heavy (non-hydrogen) atoms. The predicted octanol–water partition coefficient (Wildman–Crippen LogP) is 2.75. The van der Waals surface area contributed by atoms with E-state index in [4.69, 9.17) is 14.2 Å². The van der Waals surface area contributed by atoms with Crippen molar-refractivity contribution in [3.8, 4) is 11.5 Å². The SMILES string of the molecule is COc1ccc(CCN2CC[C@@H]3O[C@H](C)C[C@@H]3C2)cc1OC. The van der Waals surface area contributed by atoms with Gasteiger partial charge < -0.3 is 19.1 Å². The van der Waals surface area contributed by atoms with Crippen LogP contribution in [-0.4, -0.2) is 51.0 Å². The Hall–Kier alpha value is -1.26. The molecule has 2 aliphatic heterocycles. The third-order valence-electron chi connectivity index (χ3n) is 4.95. The van der Waals surface area contributed by atoms with Crippen LogP contribution in [0.4, 0.5) is 0 Å². The number of methoxy groups -OCH3 is 2. The lowest BCUT2D eigenvalue weighted by Crippen LogP contribution is -2.42. The van der Waals surface area contributed by atoms with Crippen LogP contribution in [0.2, 0.25) is 0 Å². The number of benzene rings is 1. The van der Waals surface area contributed by atoms with Crippen molar-refractivity contribution in [1.82, 2.24) is 4.90 Å². The van der Waals surface area contributed by atoms with Crippen LogP contribution >= 0.6 is 0 Å². The van der Waals surface area contributed by atoms with Crippen LogP contribution in [-0.2, 0) is 11.2 Å². The number of hydrogen-bond acceptors (Lipinski definition) is 4. The normalized spacial score (nSPS) is 28.4. The first kappa shape index (κ1) is 15.6. The third-order valence-corrected chi connectivity index (χ3v) is 4.95. The smallest absolute Gasteiger partial charge is 0.160 e. The summed E-state index contributed by atoms with van der Waals surface area (Å²) in [4.78, 5) is 2.58. The number of piperidine rings is 1. The number of fused-ring (bicyclic) bond motifs is 1. The zero-order valence-corrected chi connectivity index (χ0v) is 13.9. The van der Waals surface area contributed by atoms with Crippen molar-refractivity contribution in [3.63, 3.8) is 0 Å². The highest BCUT2D eigenvalue weighted by Gasteiger charge is 2.36. The molecular formula is C18H27NO3. The fourth-order valence-electron chi connectivity index (χ4n) is 3.80. The maximum absolute atomic E-state index is 5.98. The van der Waals surface area contributed by atoms with Crippen molar-refractivity contribution in [1.29, 1.82) is 0 Å². The molecule has 0 unspecified atom stereocenters. The first-order chi connectivity index (χ1) is 10.7. The quantitative estimate of drug-likeness (QED) is 0.837. The summed E-state index contributed by atoms with van der Waals surface area (Å²) in [6.07, 6.45) is 4.40. The van der Waals surface area contributed by atoms with Crippen molar-refractivity contribution in [2.24, 2.45) is 5.92 Å². The summed E-state index contributed by atoms with van der Waals surface area (Å²) in [5.41, 5.74) is 1.30. The van der Waals surface area contributed by atoms with Gasteiger partial charge in [-0.25, -0.2) is 0 Å². The van der Waals surface area contributed by atoms with E-state index in [1.54, 1.807) is 14.2 Å². The molecule has 0 saturated carbocycles. The van der Waals surface area contributed by atoms with E-state index in [0.717, 1.165) is 36.9 Å². The molecule has 0 bridgehead atoms. The van der Waals surface area contributed by atoms with Crippen LogP contribution in [0.15, 0.2) is 18.2 Å². The molecule has 0 spiro atoms. The van der Waals surface area contributed by atoms with Crippen LogP contribution in [0.1, 0.15) is 25.3 Å². The Morgan fingerprint density at radius 1 is 1.23 bits per heavy atom. The third kappa shape index (κ3) is 3.39. The zero-order valence-electron chi connectivity index (χ0n) is 13.9. The van der Waals surface area contributed by atoms with Crippen molar-refractivity contribution < 1.29 is 14.2 Å². The van der Waals surface area contributed by atoms with E-state index < -0.39 is 0 Å². The molecule has 2 saturated heterocycles. The van der Waals surface area contributed by atoms with Gasteiger partial charge in [-0.1, -0.05) is 6.07 Å². The second kappa shape index (κ2) is 6.88.